The van der Waals surface area contributed by atoms with Crippen molar-refractivity contribution in [2.75, 3.05) is 7.11 Å². The third kappa shape index (κ3) is 5.57. The van der Waals surface area contributed by atoms with Gasteiger partial charge in [-0.15, -0.1) is 0 Å². The molecule has 1 unspecified atom stereocenters. The summed E-state index contributed by atoms with van der Waals surface area (Å²) in [4.78, 5) is 28.4. The van der Waals surface area contributed by atoms with Gasteiger partial charge in [0.25, 0.3) is 11.7 Å². The van der Waals surface area contributed by atoms with E-state index in [0.717, 1.165) is 16.7 Å². The highest BCUT2D eigenvalue weighted by Gasteiger charge is 2.46. The van der Waals surface area contributed by atoms with Crippen LogP contribution < -0.4 is 9.47 Å². The molecule has 0 spiro atoms. The van der Waals surface area contributed by atoms with E-state index in [9.17, 15) is 14.7 Å². The maximum Gasteiger partial charge on any atom is 0.295 e. The monoisotopic (exact) mass is 563 g/mol. The van der Waals surface area contributed by atoms with Gasteiger partial charge in [0, 0.05) is 11.1 Å². The summed E-state index contributed by atoms with van der Waals surface area (Å²) in [5, 5.41) is 11.4. The van der Waals surface area contributed by atoms with Crippen LogP contribution in [0.15, 0.2) is 76.8 Å². The smallest absolute Gasteiger partial charge is 0.295 e. The molecular formula is C30H30BrNO5. The van der Waals surface area contributed by atoms with E-state index in [-0.39, 0.29) is 17.9 Å². The highest BCUT2D eigenvalue weighted by molar-refractivity contribution is 9.10. The van der Waals surface area contributed by atoms with Crippen LogP contribution in [0.5, 0.6) is 11.5 Å². The first-order valence-electron chi connectivity index (χ1n) is 12.0. The Morgan fingerprint density at radius 3 is 2.38 bits per heavy atom. The van der Waals surface area contributed by atoms with Crippen LogP contribution in [0.2, 0.25) is 0 Å². The van der Waals surface area contributed by atoms with Gasteiger partial charge in [0.05, 0.1) is 29.7 Å². The molecule has 37 heavy (non-hydrogen) atoms. The Balaban J connectivity index is 1.86. The molecule has 7 heteroatoms. The van der Waals surface area contributed by atoms with Crippen LogP contribution in [0.4, 0.5) is 0 Å². The average molecular weight is 564 g/mol. The number of methoxy groups -OCH3 is 1. The second kappa shape index (κ2) is 10.4. The molecule has 1 amide bonds. The first-order chi connectivity index (χ1) is 17.5. The van der Waals surface area contributed by atoms with Crippen LogP contribution in [0.1, 0.15) is 49.1 Å². The summed E-state index contributed by atoms with van der Waals surface area (Å²) in [7, 11) is 1.55. The Kier molecular flexibility index (Phi) is 7.46. The number of hydrogen-bond acceptors (Lipinski definition) is 5. The SMILES string of the molecule is COc1ccc(/C(O)=C2/C(=O)C(=O)N(Cc3ccccc3OC(C)(C)C)C2c2cccc(C)c2)cc1Br. The number of aliphatic hydroxyl groups excluding tert-OH is 1. The maximum absolute atomic E-state index is 13.4. The molecule has 1 atom stereocenters. The Labute approximate surface area is 225 Å². The molecule has 1 N–H and O–H groups in total. The van der Waals surface area contributed by atoms with Crippen LogP contribution in [-0.2, 0) is 16.1 Å². The van der Waals surface area contributed by atoms with Crippen LogP contribution >= 0.6 is 15.9 Å². The summed E-state index contributed by atoms with van der Waals surface area (Å²) < 4.78 is 12.1. The number of aliphatic hydroxyl groups is 1. The number of ketones is 1. The molecule has 6 nitrogen and oxygen atoms in total. The van der Waals surface area contributed by atoms with Crippen LogP contribution in [0.3, 0.4) is 0 Å². The minimum absolute atomic E-state index is 0.0434. The number of halogens is 1. The van der Waals surface area contributed by atoms with Gasteiger partial charge in [0.2, 0.25) is 0 Å². The number of carbonyl (C=O) groups is 2. The Morgan fingerprint density at radius 1 is 1.00 bits per heavy atom. The van der Waals surface area contributed by atoms with E-state index in [1.807, 2.05) is 76.2 Å². The molecule has 0 saturated carbocycles. The van der Waals surface area contributed by atoms with E-state index in [0.29, 0.717) is 21.5 Å². The number of benzene rings is 3. The van der Waals surface area contributed by atoms with Gasteiger partial charge >= 0.3 is 0 Å². The first kappa shape index (κ1) is 26.5. The van der Waals surface area contributed by atoms with Crippen molar-refractivity contribution in [3.8, 4) is 11.5 Å². The number of nitrogens with zero attached hydrogens (tertiary/aromatic N) is 1. The molecule has 0 aromatic heterocycles. The molecule has 3 aromatic carbocycles. The lowest BCUT2D eigenvalue weighted by Crippen LogP contribution is -2.30. The molecule has 0 aliphatic carbocycles. The van der Waals surface area contributed by atoms with Gasteiger partial charge in [-0.25, -0.2) is 0 Å². The topological polar surface area (TPSA) is 76.1 Å². The van der Waals surface area contributed by atoms with Gasteiger partial charge in [0.15, 0.2) is 0 Å². The third-order valence-electron chi connectivity index (χ3n) is 6.05. The Hall–Kier alpha value is -3.58. The molecule has 192 valence electrons. The summed E-state index contributed by atoms with van der Waals surface area (Å²) in [5.74, 6) is -0.423. The normalized spacial score (nSPS) is 17.2. The number of Topliss-reactive ketones (excluding diaryl/α,β-unsaturated/α-hetero) is 1. The van der Waals surface area contributed by atoms with E-state index < -0.39 is 23.3 Å². The molecule has 4 rings (SSSR count). The van der Waals surface area contributed by atoms with Crippen molar-refractivity contribution >= 4 is 33.4 Å². The second-order valence-electron chi connectivity index (χ2n) is 10.0. The zero-order valence-corrected chi connectivity index (χ0v) is 23.1. The van der Waals surface area contributed by atoms with Gasteiger partial charge in [-0.05, 0) is 73.5 Å². The quantitative estimate of drug-likeness (QED) is 0.208. The van der Waals surface area contributed by atoms with Crippen molar-refractivity contribution in [3.63, 3.8) is 0 Å². The zero-order chi connectivity index (χ0) is 26.9. The number of likely N-dealkylation sites (tertiary alicyclic amines) is 1. The van der Waals surface area contributed by atoms with Gasteiger partial charge in [-0.3, -0.25) is 9.59 Å². The number of amides is 1. The van der Waals surface area contributed by atoms with Crippen molar-refractivity contribution in [2.24, 2.45) is 0 Å². The summed E-state index contributed by atoms with van der Waals surface area (Å²) in [5.41, 5.74) is 2.49. The molecule has 1 heterocycles. The largest absolute Gasteiger partial charge is 0.507 e. The lowest BCUT2D eigenvalue weighted by atomic mass is 9.94. The number of ether oxygens (including phenoxy) is 2. The first-order valence-corrected chi connectivity index (χ1v) is 12.8. The lowest BCUT2D eigenvalue weighted by molar-refractivity contribution is -0.140. The zero-order valence-electron chi connectivity index (χ0n) is 21.5. The standard InChI is InChI=1S/C30H30BrNO5/c1-18-9-8-11-19(15-18)26-25(27(33)20-13-14-24(36-5)22(31)16-20)28(34)29(35)32(26)17-21-10-6-7-12-23(21)37-30(2,3)4/h6-16,26,33H,17H2,1-5H3/b27-25-. The summed E-state index contributed by atoms with van der Waals surface area (Å²) in [6.45, 7) is 7.95. The Morgan fingerprint density at radius 2 is 1.73 bits per heavy atom. The summed E-state index contributed by atoms with van der Waals surface area (Å²) in [6, 6.07) is 19.4. The van der Waals surface area contributed by atoms with E-state index >= 15 is 0 Å². The number of carbonyl (C=O) groups excluding carboxylic acids is 2. The van der Waals surface area contributed by atoms with E-state index in [2.05, 4.69) is 15.9 Å². The fraction of sp³-hybridized carbons (Fsp3) is 0.267. The number of rotatable bonds is 6. The van der Waals surface area contributed by atoms with Gasteiger partial charge in [-0.1, -0.05) is 48.0 Å². The Bertz CT molecular complexity index is 1390. The van der Waals surface area contributed by atoms with Crippen LogP contribution in [0.25, 0.3) is 5.76 Å². The minimum Gasteiger partial charge on any atom is -0.507 e. The summed E-state index contributed by atoms with van der Waals surface area (Å²) >= 11 is 3.43. The van der Waals surface area contributed by atoms with Crippen molar-refractivity contribution in [2.45, 2.75) is 45.9 Å². The highest BCUT2D eigenvalue weighted by Crippen LogP contribution is 2.42. The van der Waals surface area contributed by atoms with E-state index in [1.165, 1.54) is 4.90 Å². The van der Waals surface area contributed by atoms with E-state index in [1.54, 1.807) is 25.3 Å². The molecule has 0 bridgehead atoms. The predicted octanol–water partition coefficient (Wildman–Crippen LogP) is 6.57. The van der Waals surface area contributed by atoms with Gasteiger partial charge in [0.1, 0.15) is 22.9 Å². The van der Waals surface area contributed by atoms with Crippen LogP contribution in [0, 0.1) is 6.92 Å². The van der Waals surface area contributed by atoms with Crippen molar-refractivity contribution in [3.05, 3.63) is 99.0 Å². The van der Waals surface area contributed by atoms with Crippen molar-refractivity contribution in [1.82, 2.24) is 4.90 Å². The maximum atomic E-state index is 13.4. The highest BCUT2D eigenvalue weighted by atomic mass is 79.9. The average Bonchev–Trinajstić information content (AvgIpc) is 3.09. The molecule has 1 fully saturated rings. The third-order valence-corrected chi connectivity index (χ3v) is 6.67. The number of hydrogen-bond donors (Lipinski definition) is 1. The number of aryl methyl sites for hydroxylation is 1. The van der Waals surface area contributed by atoms with Gasteiger partial charge in [-0.2, -0.15) is 0 Å². The lowest BCUT2D eigenvalue weighted by Gasteiger charge is -2.28. The molecule has 3 aromatic rings. The fourth-order valence-corrected chi connectivity index (χ4v) is 4.99. The van der Waals surface area contributed by atoms with Crippen LogP contribution in [-0.4, -0.2) is 34.4 Å². The minimum atomic E-state index is -0.775. The van der Waals surface area contributed by atoms with Crippen molar-refractivity contribution in [1.29, 1.82) is 0 Å². The predicted molar refractivity (Wildman–Crippen MR) is 147 cm³/mol. The summed E-state index contributed by atoms with van der Waals surface area (Å²) in [6.07, 6.45) is 0. The molecule has 1 aliphatic heterocycles. The fourth-order valence-electron chi connectivity index (χ4n) is 4.45. The molecule has 1 saturated heterocycles. The molecular weight excluding hydrogens is 534 g/mol. The van der Waals surface area contributed by atoms with E-state index in [4.69, 9.17) is 9.47 Å². The van der Waals surface area contributed by atoms with Gasteiger partial charge < -0.3 is 19.5 Å². The second-order valence-corrected chi connectivity index (χ2v) is 10.9. The molecule has 1 aliphatic rings. The van der Waals surface area contributed by atoms with Crippen molar-refractivity contribution < 1.29 is 24.2 Å². The molecule has 0 radical (unpaired) electrons. The number of para-hydroxylation sites is 1.